The molecule has 2 aromatic heterocycles. The van der Waals surface area contributed by atoms with Gasteiger partial charge in [-0.25, -0.2) is 0 Å². The van der Waals surface area contributed by atoms with E-state index in [4.69, 9.17) is 4.74 Å². The molecule has 2 rings (SSSR count). The van der Waals surface area contributed by atoms with Crippen LogP contribution in [0.4, 0.5) is 0 Å². The van der Waals surface area contributed by atoms with Gasteiger partial charge in [0.1, 0.15) is 5.01 Å². The average molecular weight is 264 g/mol. The summed E-state index contributed by atoms with van der Waals surface area (Å²) in [6, 6.07) is 4.05. The highest BCUT2D eigenvalue weighted by Gasteiger charge is 2.03. The van der Waals surface area contributed by atoms with Crippen molar-refractivity contribution in [1.29, 1.82) is 0 Å². The number of aryl methyl sites for hydroxylation is 1. The Morgan fingerprint density at radius 3 is 2.89 bits per heavy atom. The third kappa shape index (κ3) is 4.05. The Balaban J connectivity index is 1.68. The van der Waals surface area contributed by atoms with E-state index in [1.54, 1.807) is 0 Å². The quantitative estimate of drug-likeness (QED) is 0.771. The maximum atomic E-state index is 5.56. The molecule has 0 atom stereocenters. The Bertz CT molecular complexity index is 460. The molecule has 0 aliphatic carbocycles. The van der Waals surface area contributed by atoms with Crippen molar-refractivity contribution in [2.75, 3.05) is 13.7 Å². The molecule has 0 spiro atoms. The lowest BCUT2D eigenvalue weighted by molar-refractivity contribution is 0.307. The molecule has 5 nitrogen and oxygen atoms in total. The summed E-state index contributed by atoms with van der Waals surface area (Å²) < 4.78 is 5.56. The van der Waals surface area contributed by atoms with Crippen LogP contribution in [0.3, 0.4) is 0 Å². The molecule has 0 saturated carbocycles. The normalized spacial score (nSPS) is 10.5. The highest BCUT2D eigenvalue weighted by molar-refractivity contribution is 7.13. The zero-order chi connectivity index (χ0) is 12.6. The van der Waals surface area contributed by atoms with Gasteiger partial charge in [-0.2, -0.15) is 0 Å². The first-order chi connectivity index (χ1) is 8.88. The van der Waals surface area contributed by atoms with E-state index in [1.807, 2.05) is 31.6 Å². The summed E-state index contributed by atoms with van der Waals surface area (Å²) in [5.74, 6) is 0. The zero-order valence-electron chi connectivity index (χ0n) is 10.3. The van der Waals surface area contributed by atoms with E-state index in [1.165, 1.54) is 16.9 Å². The predicted octanol–water partition coefficient (Wildman–Crippen LogP) is 1.66. The molecule has 0 radical (unpaired) electrons. The number of hydrogen-bond donors (Lipinski definition) is 1. The minimum atomic E-state index is 0.648. The lowest BCUT2D eigenvalue weighted by atomic mass is 10.1. The molecule has 0 aromatic carbocycles. The Kier molecular flexibility index (Phi) is 5.04. The van der Waals surface area contributed by atoms with Gasteiger partial charge < -0.3 is 10.1 Å². The van der Waals surface area contributed by atoms with Crippen molar-refractivity contribution in [1.82, 2.24) is 20.5 Å². The first-order valence-corrected chi connectivity index (χ1v) is 6.69. The predicted molar refractivity (Wildman–Crippen MR) is 70.7 cm³/mol. The third-order valence-corrected chi connectivity index (χ3v) is 3.20. The Morgan fingerprint density at radius 1 is 1.28 bits per heavy atom. The van der Waals surface area contributed by atoms with Crippen molar-refractivity contribution < 1.29 is 4.74 Å². The SMILES string of the molecule is CNCc1nnc(OCCCc2ccncc2)s1. The Labute approximate surface area is 110 Å². The molecule has 18 heavy (non-hydrogen) atoms. The Morgan fingerprint density at radius 2 is 2.11 bits per heavy atom. The fourth-order valence-corrected chi connectivity index (χ4v) is 2.23. The van der Waals surface area contributed by atoms with Crippen LogP contribution in [0.5, 0.6) is 5.19 Å². The van der Waals surface area contributed by atoms with Crippen LogP contribution in [0.15, 0.2) is 24.5 Å². The van der Waals surface area contributed by atoms with Crippen molar-refractivity contribution in [3.63, 3.8) is 0 Å². The maximum absolute atomic E-state index is 5.56. The summed E-state index contributed by atoms with van der Waals surface area (Å²) in [6.45, 7) is 1.40. The van der Waals surface area contributed by atoms with E-state index in [0.29, 0.717) is 11.8 Å². The molecule has 0 aliphatic rings. The standard InChI is InChI=1S/C12H16N4OS/c1-13-9-11-15-16-12(18-11)17-8-2-3-10-4-6-14-7-5-10/h4-7,13H,2-3,8-9H2,1H3. The molecule has 0 saturated heterocycles. The van der Waals surface area contributed by atoms with Crippen LogP contribution < -0.4 is 10.1 Å². The monoisotopic (exact) mass is 264 g/mol. The molecule has 0 bridgehead atoms. The van der Waals surface area contributed by atoms with Gasteiger partial charge in [0.15, 0.2) is 0 Å². The van der Waals surface area contributed by atoms with Crippen molar-refractivity contribution in [2.45, 2.75) is 19.4 Å². The molecule has 0 amide bonds. The van der Waals surface area contributed by atoms with Crippen molar-refractivity contribution in [3.05, 3.63) is 35.1 Å². The number of hydrogen-bond acceptors (Lipinski definition) is 6. The van der Waals surface area contributed by atoms with Gasteiger partial charge in [-0.1, -0.05) is 11.3 Å². The summed E-state index contributed by atoms with van der Waals surface area (Å²) in [5, 5.41) is 12.6. The lowest BCUT2D eigenvalue weighted by Gasteiger charge is -2.01. The summed E-state index contributed by atoms with van der Waals surface area (Å²) in [6.07, 6.45) is 5.57. The van der Waals surface area contributed by atoms with Crippen LogP contribution in [-0.2, 0) is 13.0 Å². The summed E-state index contributed by atoms with van der Waals surface area (Å²) in [5.41, 5.74) is 1.28. The second-order valence-electron chi connectivity index (χ2n) is 3.80. The average Bonchev–Trinajstić information content (AvgIpc) is 2.84. The van der Waals surface area contributed by atoms with Crippen molar-refractivity contribution >= 4 is 11.3 Å². The highest BCUT2D eigenvalue weighted by atomic mass is 32.1. The number of rotatable bonds is 7. The van der Waals surface area contributed by atoms with Crippen LogP contribution in [0.2, 0.25) is 0 Å². The summed E-state index contributed by atoms with van der Waals surface area (Å²) >= 11 is 1.49. The number of pyridine rings is 1. The van der Waals surface area contributed by atoms with Crippen LogP contribution in [0, 0.1) is 0 Å². The minimum absolute atomic E-state index is 0.648. The summed E-state index contributed by atoms with van der Waals surface area (Å²) in [4.78, 5) is 3.99. The van der Waals surface area contributed by atoms with E-state index in [0.717, 1.165) is 24.4 Å². The van der Waals surface area contributed by atoms with Gasteiger partial charge in [-0.3, -0.25) is 4.98 Å². The lowest BCUT2D eigenvalue weighted by Crippen LogP contribution is -2.04. The van der Waals surface area contributed by atoms with E-state index >= 15 is 0 Å². The molecule has 6 heteroatoms. The zero-order valence-corrected chi connectivity index (χ0v) is 11.1. The molecule has 0 aliphatic heterocycles. The molecule has 0 unspecified atom stereocenters. The van der Waals surface area contributed by atoms with Gasteiger partial charge in [0.25, 0.3) is 5.19 Å². The first kappa shape index (κ1) is 12.9. The second kappa shape index (κ2) is 7.03. The van der Waals surface area contributed by atoms with Gasteiger partial charge >= 0.3 is 0 Å². The molecule has 1 N–H and O–H groups in total. The highest BCUT2D eigenvalue weighted by Crippen LogP contribution is 2.17. The van der Waals surface area contributed by atoms with E-state index in [9.17, 15) is 0 Å². The first-order valence-electron chi connectivity index (χ1n) is 5.87. The number of nitrogens with zero attached hydrogens (tertiary/aromatic N) is 3. The topological polar surface area (TPSA) is 59.9 Å². The van der Waals surface area contributed by atoms with Gasteiger partial charge in [0.05, 0.1) is 6.61 Å². The number of aromatic nitrogens is 3. The molecule has 96 valence electrons. The fraction of sp³-hybridized carbons (Fsp3) is 0.417. The smallest absolute Gasteiger partial charge is 0.294 e. The van der Waals surface area contributed by atoms with E-state index in [2.05, 4.69) is 20.5 Å². The third-order valence-electron chi connectivity index (χ3n) is 2.36. The van der Waals surface area contributed by atoms with Gasteiger partial charge in [-0.15, -0.1) is 10.2 Å². The second-order valence-corrected chi connectivity index (χ2v) is 4.82. The van der Waals surface area contributed by atoms with Gasteiger partial charge in [0.2, 0.25) is 0 Å². The van der Waals surface area contributed by atoms with Crippen molar-refractivity contribution in [3.8, 4) is 5.19 Å². The van der Waals surface area contributed by atoms with Crippen molar-refractivity contribution in [2.24, 2.45) is 0 Å². The Hall–Kier alpha value is -1.53. The number of nitrogens with one attached hydrogen (secondary N) is 1. The van der Waals surface area contributed by atoms with Crippen LogP contribution in [0.1, 0.15) is 17.0 Å². The molecule has 0 fully saturated rings. The van der Waals surface area contributed by atoms with E-state index in [-0.39, 0.29) is 0 Å². The van der Waals surface area contributed by atoms with Gasteiger partial charge in [-0.05, 0) is 37.6 Å². The van der Waals surface area contributed by atoms with Gasteiger partial charge in [0, 0.05) is 18.9 Å². The largest absolute Gasteiger partial charge is 0.469 e. The molecule has 2 heterocycles. The maximum Gasteiger partial charge on any atom is 0.294 e. The van der Waals surface area contributed by atoms with Crippen LogP contribution in [-0.4, -0.2) is 28.8 Å². The van der Waals surface area contributed by atoms with Crippen LogP contribution in [0.25, 0.3) is 0 Å². The molecular formula is C12H16N4OS. The minimum Gasteiger partial charge on any atom is -0.469 e. The molecule has 2 aromatic rings. The number of ether oxygens (including phenoxy) is 1. The summed E-state index contributed by atoms with van der Waals surface area (Å²) in [7, 11) is 1.89. The molecular weight excluding hydrogens is 248 g/mol. The van der Waals surface area contributed by atoms with E-state index < -0.39 is 0 Å². The fourth-order valence-electron chi connectivity index (χ4n) is 1.50. The van der Waals surface area contributed by atoms with Crippen LogP contribution >= 0.6 is 11.3 Å².